The summed E-state index contributed by atoms with van der Waals surface area (Å²) in [6, 6.07) is -0.269. The van der Waals surface area contributed by atoms with Crippen LogP contribution in [0.15, 0.2) is 0 Å². The van der Waals surface area contributed by atoms with Gasteiger partial charge in [0, 0.05) is 26.2 Å². The van der Waals surface area contributed by atoms with Crippen molar-refractivity contribution in [1.29, 1.82) is 0 Å². The number of hydrogen-bond acceptors (Lipinski definition) is 8. The van der Waals surface area contributed by atoms with E-state index in [9.17, 15) is 19.2 Å². The van der Waals surface area contributed by atoms with Crippen molar-refractivity contribution in [2.75, 3.05) is 27.4 Å². The number of carbonyl (C=O) groups is 4. The Hall–Kier alpha value is -2.82. The number of esters is 2. The SMILES string of the molecule is CCC(=O)N1[C@@H](CCC(=O)OC)COC1(C)C.COC(=O)CC[C@H]1COC(C)(C)N1C(=O)C(C)=[N+]=[N-]. The summed E-state index contributed by atoms with van der Waals surface area (Å²) in [7, 11) is 2.69. The van der Waals surface area contributed by atoms with Gasteiger partial charge in [0.15, 0.2) is 0 Å². The van der Waals surface area contributed by atoms with Gasteiger partial charge in [-0.15, -0.1) is 0 Å². The second-order valence-electron chi connectivity index (χ2n) is 9.53. The maximum atomic E-state index is 12.2. The molecule has 0 aliphatic carbocycles. The lowest BCUT2D eigenvalue weighted by Gasteiger charge is -2.33. The highest BCUT2D eigenvalue weighted by Gasteiger charge is 2.46. The van der Waals surface area contributed by atoms with Crippen LogP contribution in [-0.4, -0.2) is 95.0 Å². The second-order valence-corrected chi connectivity index (χ2v) is 9.53. The average Bonchev–Trinajstić information content (AvgIpc) is 3.33. The normalized spacial score (nSPS) is 21.7. The summed E-state index contributed by atoms with van der Waals surface area (Å²) >= 11 is 0. The van der Waals surface area contributed by atoms with Crippen molar-refractivity contribution in [2.24, 2.45) is 0 Å². The number of ether oxygens (including phenoxy) is 4. The molecule has 0 N–H and O–H groups in total. The van der Waals surface area contributed by atoms with E-state index in [4.69, 9.17) is 15.0 Å². The standard InChI is InChI=1S/C12H19N3O4.C12H21NO4/c1-8(14-13)11(17)15-9(5-6-10(16)18-4)7-19-12(15,2)3;1-5-10(14)13-9(6-7-11(15)16-4)8-17-12(13,2)3/h9H,5-7H2,1-4H3;9H,5-8H2,1-4H3/t2*9-/m00/s1. The van der Waals surface area contributed by atoms with Gasteiger partial charge in [-0.1, -0.05) is 6.92 Å². The fourth-order valence-corrected chi connectivity index (χ4v) is 4.27. The van der Waals surface area contributed by atoms with Gasteiger partial charge in [0.05, 0.1) is 39.5 Å². The van der Waals surface area contributed by atoms with Crippen LogP contribution in [0.1, 0.15) is 73.6 Å². The van der Waals surface area contributed by atoms with Crippen molar-refractivity contribution in [1.82, 2.24) is 9.80 Å². The van der Waals surface area contributed by atoms with Gasteiger partial charge in [-0.3, -0.25) is 24.1 Å². The molecule has 12 nitrogen and oxygen atoms in total. The van der Waals surface area contributed by atoms with Crippen LogP contribution in [0.2, 0.25) is 0 Å². The van der Waals surface area contributed by atoms with Crippen LogP contribution in [0.3, 0.4) is 0 Å². The Balaban J connectivity index is 0.000000362. The molecule has 0 radical (unpaired) electrons. The predicted octanol–water partition coefficient (Wildman–Crippen LogP) is 1.91. The first kappa shape index (κ1) is 31.2. The molecule has 0 aromatic carbocycles. The number of rotatable bonds is 8. The summed E-state index contributed by atoms with van der Waals surface area (Å²) in [5.41, 5.74) is 7.33. The van der Waals surface area contributed by atoms with Crippen molar-refractivity contribution < 1.29 is 42.9 Å². The molecule has 0 aromatic heterocycles. The number of nitrogens with zero attached hydrogens (tertiary/aromatic N) is 4. The molecule has 2 amide bonds. The minimum absolute atomic E-state index is 0.0124. The molecule has 12 heteroatoms. The second kappa shape index (κ2) is 13.5. The first-order valence-corrected chi connectivity index (χ1v) is 12.0. The summed E-state index contributed by atoms with van der Waals surface area (Å²) in [5.74, 6) is -0.925. The Morgan fingerprint density at radius 1 is 0.889 bits per heavy atom. The summed E-state index contributed by atoms with van der Waals surface area (Å²) in [4.78, 5) is 52.5. The third-order valence-corrected chi connectivity index (χ3v) is 6.22. The molecule has 0 spiro atoms. The summed E-state index contributed by atoms with van der Waals surface area (Å²) < 4.78 is 20.4. The molecule has 2 heterocycles. The van der Waals surface area contributed by atoms with E-state index in [1.54, 1.807) is 18.7 Å². The van der Waals surface area contributed by atoms with E-state index in [0.29, 0.717) is 38.9 Å². The van der Waals surface area contributed by atoms with Crippen LogP contribution in [-0.2, 0) is 38.1 Å². The zero-order valence-electron chi connectivity index (χ0n) is 22.7. The summed E-state index contributed by atoms with van der Waals surface area (Å²) in [6.07, 6.45) is 2.00. The highest BCUT2D eigenvalue weighted by atomic mass is 16.5. The van der Waals surface area contributed by atoms with Gasteiger partial charge in [0.2, 0.25) is 5.91 Å². The quantitative estimate of drug-likeness (QED) is 0.207. The first-order valence-electron chi connectivity index (χ1n) is 12.0. The molecule has 36 heavy (non-hydrogen) atoms. The van der Waals surface area contributed by atoms with Gasteiger partial charge in [0.25, 0.3) is 0 Å². The highest BCUT2D eigenvalue weighted by molar-refractivity contribution is 6.35. The maximum Gasteiger partial charge on any atom is 0.353 e. The van der Waals surface area contributed by atoms with Crippen LogP contribution in [0.25, 0.3) is 5.53 Å². The molecule has 2 fully saturated rings. The molecule has 0 bridgehead atoms. The molecule has 0 aromatic rings. The minimum Gasteiger partial charge on any atom is -0.469 e. The van der Waals surface area contributed by atoms with Crippen molar-refractivity contribution in [3.63, 3.8) is 0 Å². The molecule has 2 atom stereocenters. The number of amides is 2. The van der Waals surface area contributed by atoms with Crippen LogP contribution in [0, 0.1) is 0 Å². The first-order chi connectivity index (χ1) is 16.7. The largest absolute Gasteiger partial charge is 0.469 e. The average molecular weight is 513 g/mol. The zero-order valence-corrected chi connectivity index (χ0v) is 22.7. The molecule has 0 unspecified atom stereocenters. The number of carbonyl (C=O) groups excluding carboxylic acids is 4. The molecule has 0 saturated carbocycles. The van der Waals surface area contributed by atoms with Crippen LogP contribution < -0.4 is 0 Å². The molecule has 2 aliphatic rings. The smallest absolute Gasteiger partial charge is 0.353 e. The van der Waals surface area contributed by atoms with Crippen molar-refractivity contribution in [3.05, 3.63) is 5.53 Å². The minimum atomic E-state index is -0.788. The van der Waals surface area contributed by atoms with Gasteiger partial charge in [-0.25, -0.2) is 0 Å². The third-order valence-electron chi connectivity index (χ3n) is 6.22. The van der Waals surface area contributed by atoms with Gasteiger partial charge in [-0.05, 0) is 40.5 Å². The fraction of sp³-hybridized carbons (Fsp3) is 0.792. The van der Waals surface area contributed by atoms with E-state index in [-0.39, 0.29) is 42.1 Å². The van der Waals surface area contributed by atoms with E-state index in [0.717, 1.165) is 0 Å². The lowest BCUT2D eigenvalue weighted by Crippen LogP contribution is -2.50. The molecule has 204 valence electrons. The lowest BCUT2D eigenvalue weighted by molar-refractivity contribution is -0.147. The van der Waals surface area contributed by atoms with Crippen LogP contribution in [0.4, 0.5) is 0 Å². The Bertz CT molecular complexity index is 866. The van der Waals surface area contributed by atoms with Crippen LogP contribution in [0.5, 0.6) is 0 Å². The molecular formula is C24H40N4O8. The van der Waals surface area contributed by atoms with Crippen molar-refractivity contribution in [2.45, 2.75) is 97.2 Å². The van der Waals surface area contributed by atoms with Gasteiger partial charge < -0.3 is 29.4 Å². The Labute approximate surface area is 212 Å². The molecular weight excluding hydrogens is 472 g/mol. The molecule has 2 saturated heterocycles. The molecule has 2 rings (SSSR count). The highest BCUT2D eigenvalue weighted by Crippen LogP contribution is 2.31. The van der Waals surface area contributed by atoms with E-state index < -0.39 is 17.4 Å². The third kappa shape index (κ3) is 8.11. The van der Waals surface area contributed by atoms with E-state index >= 15 is 0 Å². The molecule has 2 aliphatic heterocycles. The number of methoxy groups -OCH3 is 2. The number of hydrogen-bond donors (Lipinski definition) is 0. The fourth-order valence-electron chi connectivity index (χ4n) is 4.27. The Kier molecular flexibility index (Phi) is 11.7. The predicted molar refractivity (Wildman–Crippen MR) is 128 cm³/mol. The van der Waals surface area contributed by atoms with E-state index in [1.165, 1.54) is 26.0 Å². The zero-order chi connectivity index (χ0) is 27.7. The topological polar surface area (TPSA) is 148 Å². The summed E-state index contributed by atoms with van der Waals surface area (Å²) in [6.45, 7) is 11.3. The summed E-state index contributed by atoms with van der Waals surface area (Å²) in [5, 5.41) is 0. The maximum absolute atomic E-state index is 12.2. The van der Waals surface area contributed by atoms with Gasteiger partial charge in [-0.2, -0.15) is 4.79 Å². The Morgan fingerprint density at radius 3 is 1.69 bits per heavy atom. The lowest BCUT2D eigenvalue weighted by atomic mass is 10.1. The van der Waals surface area contributed by atoms with Crippen molar-refractivity contribution >= 4 is 29.5 Å². The van der Waals surface area contributed by atoms with Gasteiger partial charge >= 0.3 is 23.6 Å². The van der Waals surface area contributed by atoms with E-state index in [2.05, 4.69) is 14.3 Å². The van der Waals surface area contributed by atoms with Gasteiger partial charge in [0.1, 0.15) is 11.4 Å². The van der Waals surface area contributed by atoms with E-state index in [1.807, 2.05) is 20.8 Å². The van der Waals surface area contributed by atoms with Crippen molar-refractivity contribution in [3.8, 4) is 0 Å². The Morgan fingerprint density at radius 2 is 1.31 bits per heavy atom. The monoisotopic (exact) mass is 512 g/mol. The van der Waals surface area contributed by atoms with Crippen LogP contribution >= 0.6 is 0 Å².